The second-order valence-electron chi connectivity index (χ2n) is 15.3. The highest BCUT2D eigenvalue weighted by Crippen LogP contribution is 2.55. The highest BCUT2D eigenvalue weighted by Gasteiger charge is 2.42. The number of nitrogens with zero attached hydrogens (tertiary/aromatic N) is 2. The Morgan fingerprint density at radius 3 is 2.06 bits per heavy atom. The molecule has 0 fully saturated rings. The minimum Gasteiger partial charge on any atom is -0.478 e. The smallest absolute Gasteiger partial charge is 0.336 e. The Balaban J connectivity index is 1.35. The van der Waals surface area contributed by atoms with Crippen LogP contribution < -0.4 is 20.1 Å². The molecule has 0 saturated heterocycles. The van der Waals surface area contributed by atoms with Crippen molar-refractivity contribution >= 4 is 60.1 Å². The largest absolute Gasteiger partial charge is 0.478 e. The van der Waals surface area contributed by atoms with E-state index in [4.69, 9.17) is 0 Å². The zero-order valence-corrected chi connectivity index (χ0v) is 31.1. The van der Waals surface area contributed by atoms with Gasteiger partial charge in [0.15, 0.2) is 5.54 Å². The van der Waals surface area contributed by atoms with Crippen molar-refractivity contribution in [1.29, 1.82) is 0 Å². The first kappa shape index (κ1) is 30.8. The molecule has 4 nitrogen and oxygen atoms in total. The maximum Gasteiger partial charge on any atom is 0.336 e. The normalized spacial score (nSPS) is 16.3. The lowest BCUT2D eigenvalue weighted by molar-refractivity contribution is 0.0696. The second kappa shape index (κ2) is 10.3. The first-order valence-corrected chi connectivity index (χ1v) is 19.2. The summed E-state index contributed by atoms with van der Waals surface area (Å²) in [4.78, 5) is 17.9. The van der Waals surface area contributed by atoms with Crippen LogP contribution in [0, 0.1) is 0 Å². The summed E-state index contributed by atoms with van der Waals surface area (Å²) in [6, 6.07) is 34.6. The molecule has 5 aromatic carbocycles. The van der Waals surface area contributed by atoms with Crippen molar-refractivity contribution in [2.45, 2.75) is 45.2 Å². The lowest BCUT2D eigenvalue weighted by Crippen LogP contribution is -2.46. The molecule has 4 heterocycles. The first-order valence-electron chi connectivity index (χ1n) is 17.5. The van der Waals surface area contributed by atoms with Gasteiger partial charge in [-0.1, -0.05) is 54.6 Å². The van der Waals surface area contributed by atoms with Crippen molar-refractivity contribution < 1.29 is 9.90 Å². The van der Waals surface area contributed by atoms with Crippen molar-refractivity contribution in [3.8, 4) is 20.9 Å². The summed E-state index contributed by atoms with van der Waals surface area (Å²) >= 11 is 3.73. The van der Waals surface area contributed by atoms with Gasteiger partial charge >= 0.3 is 5.97 Å². The Morgan fingerprint density at radius 1 is 0.725 bits per heavy atom. The number of hydrogen-bond donors (Lipinski definition) is 1. The third-order valence-corrected chi connectivity index (χ3v) is 14.5. The van der Waals surface area contributed by atoms with Gasteiger partial charge in [0, 0.05) is 69.0 Å². The summed E-state index contributed by atoms with van der Waals surface area (Å²) in [5.41, 5.74) is 11.6. The van der Waals surface area contributed by atoms with Gasteiger partial charge in [-0.2, -0.15) is 0 Å². The minimum absolute atomic E-state index is 0.208. The Bertz CT molecular complexity index is 2850. The molecule has 0 amide bonds. The third-order valence-electron chi connectivity index (χ3n) is 12.1. The van der Waals surface area contributed by atoms with Gasteiger partial charge in [0.05, 0.1) is 21.5 Å². The molecule has 51 heavy (non-hydrogen) atoms. The first-order chi connectivity index (χ1) is 24.5. The monoisotopic (exact) mass is 701 g/mol. The van der Waals surface area contributed by atoms with E-state index >= 15 is 0 Å². The fraction of sp³-hybridized carbons (Fsp3) is 0.200. The molecule has 7 aromatic rings. The molecule has 0 atom stereocenters. The van der Waals surface area contributed by atoms with E-state index in [-0.39, 0.29) is 11.1 Å². The fourth-order valence-electron chi connectivity index (χ4n) is 9.09. The van der Waals surface area contributed by atoms with Gasteiger partial charge < -0.3 is 10.0 Å². The minimum atomic E-state index is -0.913. The van der Waals surface area contributed by atoms with Crippen LogP contribution in [0.3, 0.4) is 0 Å². The molecule has 2 aromatic heterocycles. The highest BCUT2D eigenvalue weighted by atomic mass is 32.1. The van der Waals surface area contributed by atoms with Crippen LogP contribution in [0.4, 0.5) is 5.69 Å². The van der Waals surface area contributed by atoms with Crippen molar-refractivity contribution in [1.82, 2.24) is 4.58 Å². The number of benzene rings is 5. The Labute approximate surface area is 304 Å². The molecule has 250 valence electrons. The molecule has 0 unspecified atom stereocenters. The average molecular weight is 702 g/mol. The van der Waals surface area contributed by atoms with Gasteiger partial charge in [0.2, 0.25) is 5.36 Å². The fourth-order valence-corrected chi connectivity index (χ4v) is 11.9. The van der Waals surface area contributed by atoms with Crippen molar-refractivity contribution in [3.63, 3.8) is 0 Å². The van der Waals surface area contributed by atoms with Crippen LogP contribution in [0.15, 0.2) is 97.1 Å². The molecule has 10 rings (SSSR count). The van der Waals surface area contributed by atoms with Crippen LogP contribution in [0.25, 0.3) is 46.6 Å². The van der Waals surface area contributed by atoms with E-state index in [1.807, 2.05) is 40.9 Å². The summed E-state index contributed by atoms with van der Waals surface area (Å²) < 4.78 is 5.02. The van der Waals surface area contributed by atoms with E-state index in [9.17, 15) is 9.90 Å². The lowest BCUT2D eigenvalue weighted by Gasteiger charge is -2.43. The maximum atomic E-state index is 12.9. The van der Waals surface area contributed by atoms with E-state index in [0.717, 1.165) is 28.3 Å². The number of carboxylic acid groups (broad SMARTS) is 1. The van der Waals surface area contributed by atoms with E-state index in [1.165, 1.54) is 74.4 Å². The number of thiophene rings is 2. The van der Waals surface area contributed by atoms with Gasteiger partial charge in [-0.15, -0.1) is 22.7 Å². The lowest BCUT2D eigenvalue weighted by atomic mass is 9.77. The van der Waals surface area contributed by atoms with Crippen LogP contribution in [0.5, 0.6) is 0 Å². The molecule has 1 N–H and O–H groups in total. The number of fused-ring (bicyclic) bond motifs is 12. The molecule has 2 aliphatic heterocycles. The zero-order chi connectivity index (χ0) is 35.1. The standard InChI is InChI=1S/C45H36N2O2S2/c1-44(2)39-28-15-9-11-17-36(28)50-41(39)32-22-30-24(20-34(32)46(44)5)19-25-21-35-33(23-31(25)38(30)26-13-7-8-14-27(26)43(48)49)42-40(45(3,4)47(35)6)29-16-10-12-18-37(29)51-42/h7-18,20-23H,19H2,1-6H3/p+1. The van der Waals surface area contributed by atoms with E-state index < -0.39 is 5.97 Å². The van der Waals surface area contributed by atoms with E-state index in [1.54, 1.807) is 6.07 Å². The summed E-state index contributed by atoms with van der Waals surface area (Å²) in [6.45, 7) is 9.32. The summed E-state index contributed by atoms with van der Waals surface area (Å²) in [5, 5.41) is 15.5. The Morgan fingerprint density at radius 2 is 1.35 bits per heavy atom. The average Bonchev–Trinajstić information content (AvgIpc) is 3.72. The molecular weight excluding hydrogens is 665 g/mol. The Hall–Kier alpha value is -5.04. The van der Waals surface area contributed by atoms with Crippen molar-refractivity contribution in [3.05, 3.63) is 147 Å². The van der Waals surface area contributed by atoms with Crippen molar-refractivity contribution in [2.24, 2.45) is 0 Å². The molecule has 0 bridgehead atoms. The van der Waals surface area contributed by atoms with Crippen LogP contribution >= 0.6 is 22.7 Å². The van der Waals surface area contributed by atoms with Gasteiger partial charge in [-0.25, -0.2) is 9.37 Å². The number of anilines is 1. The third kappa shape index (κ3) is 4.00. The van der Waals surface area contributed by atoms with E-state index in [0.29, 0.717) is 5.56 Å². The number of hydrogen-bond acceptors (Lipinski definition) is 4. The molecule has 3 aliphatic rings. The topological polar surface area (TPSA) is 43.6 Å². The van der Waals surface area contributed by atoms with Crippen molar-refractivity contribution in [2.75, 3.05) is 19.0 Å². The van der Waals surface area contributed by atoms with Gasteiger partial charge in [-0.3, -0.25) is 0 Å². The second-order valence-corrected chi connectivity index (χ2v) is 17.4. The van der Waals surface area contributed by atoms with E-state index in [2.05, 4.69) is 124 Å². The molecule has 6 heteroatoms. The molecule has 0 radical (unpaired) electrons. The summed E-state index contributed by atoms with van der Waals surface area (Å²) in [6.07, 6.45) is 0.769. The summed E-state index contributed by atoms with van der Waals surface area (Å²) in [5.74, 6) is -0.913. The number of rotatable bonds is 2. The number of carbonyl (C=O) groups is 1. The Kier molecular flexibility index (Phi) is 6.20. The predicted molar refractivity (Wildman–Crippen MR) is 213 cm³/mol. The molecule has 1 aliphatic carbocycles. The quantitative estimate of drug-likeness (QED) is 0.183. The predicted octanol–water partition coefficient (Wildman–Crippen LogP) is 9.35. The maximum absolute atomic E-state index is 12.9. The SMILES string of the molecule is CN1c2cc3c(cc2-c2sc4ccccc4c2C1(C)C)C(c1ccccc1C(=O)O)=c1cc2c(cc1C3)=[N+](C)C(C)(C)c1c-2sc2ccccc12. The van der Waals surface area contributed by atoms with Gasteiger partial charge in [0.1, 0.15) is 7.05 Å². The van der Waals surface area contributed by atoms with Crippen LogP contribution in [0.1, 0.15) is 71.4 Å². The van der Waals surface area contributed by atoms with Gasteiger partial charge in [-0.05, 0) is 95.1 Å². The number of carboxylic acids is 1. The van der Waals surface area contributed by atoms with Crippen LogP contribution in [-0.4, -0.2) is 25.2 Å². The molecular formula is C45H37N2O2S2+. The molecule has 0 saturated carbocycles. The molecule has 0 spiro atoms. The van der Waals surface area contributed by atoms with Crippen LogP contribution in [-0.2, 0) is 17.5 Å². The zero-order valence-electron chi connectivity index (χ0n) is 29.5. The number of aromatic carboxylic acids is 1. The highest BCUT2D eigenvalue weighted by molar-refractivity contribution is 7.23. The van der Waals surface area contributed by atoms with Crippen LogP contribution in [0.2, 0.25) is 0 Å². The van der Waals surface area contributed by atoms with Gasteiger partial charge in [0.25, 0.3) is 0 Å². The summed E-state index contributed by atoms with van der Waals surface area (Å²) in [7, 11) is 4.44.